The fourth-order valence-electron chi connectivity index (χ4n) is 2.81. The summed E-state index contributed by atoms with van der Waals surface area (Å²) in [4.78, 5) is 14.4. The van der Waals surface area contributed by atoms with Gasteiger partial charge in [-0.3, -0.25) is 9.69 Å². The van der Waals surface area contributed by atoms with Crippen LogP contribution in [0.2, 0.25) is 0 Å². The quantitative estimate of drug-likeness (QED) is 0.808. The van der Waals surface area contributed by atoms with Crippen LogP contribution >= 0.6 is 0 Å². The number of carbonyl (C=O) groups is 1. The molecule has 1 heterocycles. The average molecular weight is 289 g/mol. The summed E-state index contributed by atoms with van der Waals surface area (Å²) < 4.78 is 0. The van der Waals surface area contributed by atoms with Gasteiger partial charge in [0.2, 0.25) is 5.91 Å². The number of carbonyl (C=O) groups excluding carboxylic acids is 1. The van der Waals surface area contributed by atoms with E-state index in [0.29, 0.717) is 18.9 Å². The maximum absolute atomic E-state index is 11.9. The summed E-state index contributed by atoms with van der Waals surface area (Å²) in [6.45, 7) is 5.24. The molecule has 1 amide bonds. The largest absolute Gasteiger partial charge is 0.355 e. The standard InChI is InChI=1S/C17H27N3O/c1-14(20-11-5-6-12-20)13-19-17(21)10-9-16(18)15-7-3-2-4-8-15/h2-4,7-8,14,16H,5-6,9-13,18H2,1H3,(H,19,21). The topological polar surface area (TPSA) is 58.4 Å². The molecule has 1 fully saturated rings. The van der Waals surface area contributed by atoms with Crippen molar-refractivity contribution in [2.45, 2.75) is 44.7 Å². The van der Waals surface area contributed by atoms with Gasteiger partial charge in [-0.15, -0.1) is 0 Å². The maximum Gasteiger partial charge on any atom is 0.220 e. The van der Waals surface area contributed by atoms with E-state index in [9.17, 15) is 4.79 Å². The second-order valence-corrected chi connectivity index (χ2v) is 5.95. The summed E-state index contributed by atoms with van der Waals surface area (Å²) in [6.07, 6.45) is 3.74. The van der Waals surface area contributed by atoms with E-state index in [1.165, 1.54) is 12.8 Å². The Bertz CT molecular complexity index is 429. The molecule has 1 aromatic rings. The lowest BCUT2D eigenvalue weighted by Crippen LogP contribution is -2.40. The fraction of sp³-hybridized carbons (Fsp3) is 0.588. The Kier molecular flexibility index (Phi) is 6.21. The molecule has 2 atom stereocenters. The van der Waals surface area contributed by atoms with Crippen molar-refractivity contribution in [2.24, 2.45) is 5.73 Å². The number of hydrogen-bond donors (Lipinski definition) is 2. The van der Waals surface area contributed by atoms with Gasteiger partial charge >= 0.3 is 0 Å². The number of nitrogens with one attached hydrogen (secondary N) is 1. The Hall–Kier alpha value is -1.39. The Morgan fingerprint density at radius 1 is 1.29 bits per heavy atom. The molecular weight excluding hydrogens is 262 g/mol. The van der Waals surface area contributed by atoms with Crippen molar-refractivity contribution in [3.63, 3.8) is 0 Å². The van der Waals surface area contributed by atoms with Gasteiger partial charge in [0.25, 0.3) is 0 Å². The van der Waals surface area contributed by atoms with Gasteiger partial charge < -0.3 is 11.1 Å². The molecule has 0 saturated carbocycles. The number of likely N-dealkylation sites (tertiary alicyclic amines) is 1. The van der Waals surface area contributed by atoms with Gasteiger partial charge in [-0.2, -0.15) is 0 Å². The summed E-state index contributed by atoms with van der Waals surface area (Å²) in [6, 6.07) is 10.3. The van der Waals surface area contributed by atoms with Crippen LogP contribution in [0.1, 0.15) is 44.2 Å². The monoisotopic (exact) mass is 289 g/mol. The molecule has 4 heteroatoms. The number of rotatable bonds is 7. The molecule has 0 aliphatic carbocycles. The summed E-state index contributed by atoms with van der Waals surface area (Å²) in [5.41, 5.74) is 7.20. The molecule has 4 nitrogen and oxygen atoms in total. The minimum absolute atomic E-state index is 0.0621. The van der Waals surface area contributed by atoms with E-state index in [4.69, 9.17) is 5.73 Å². The minimum atomic E-state index is -0.0621. The first-order chi connectivity index (χ1) is 10.2. The molecule has 3 N–H and O–H groups in total. The molecule has 0 radical (unpaired) electrons. The molecule has 0 spiro atoms. The lowest BCUT2D eigenvalue weighted by atomic mass is 10.0. The smallest absolute Gasteiger partial charge is 0.220 e. The van der Waals surface area contributed by atoms with Crippen LogP contribution in [0.5, 0.6) is 0 Å². The van der Waals surface area contributed by atoms with Gasteiger partial charge in [0.1, 0.15) is 0 Å². The van der Waals surface area contributed by atoms with Crippen LogP contribution in [0.15, 0.2) is 30.3 Å². The first-order valence-corrected chi connectivity index (χ1v) is 7.98. The summed E-state index contributed by atoms with van der Waals surface area (Å²) in [5, 5.41) is 3.03. The number of amides is 1. The zero-order chi connectivity index (χ0) is 15.1. The van der Waals surface area contributed by atoms with Crippen molar-refractivity contribution in [1.29, 1.82) is 0 Å². The third kappa shape index (κ3) is 5.14. The van der Waals surface area contributed by atoms with Gasteiger partial charge in [-0.25, -0.2) is 0 Å². The molecule has 1 aliphatic rings. The fourth-order valence-corrected chi connectivity index (χ4v) is 2.81. The Balaban J connectivity index is 1.65. The van der Waals surface area contributed by atoms with Crippen LogP contribution in [0, 0.1) is 0 Å². The van der Waals surface area contributed by atoms with Crippen molar-refractivity contribution in [2.75, 3.05) is 19.6 Å². The Morgan fingerprint density at radius 2 is 1.95 bits per heavy atom. The third-order valence-corrected chi connectivity index (χ3v) is 4.27. The van der Waals surface area contributed by atoms with E-state index in [1.54, 1.807) is 0 Å². The van der Waals surface area contributed by atoms with E-state index in [2.05, 4.69) is 17.1 Å². The summed E-state index contributed by atoms with van der Waals surface area (Å²) in [5.74, 6) is 0.104. The molecule has 2 rings (SSSR count). The lowest BCUT2D eigenvalue weighted by molar-refractivity contribution is -0.121. The zero-order valence-electron chi connectivity index (χ0n) is 12.9. The van der Waals surface area contributed by atoms with Crippen molar-refractivity contribution < 1.29 is 4.79 Å². The predicted molar refractivity (Wildman–Crippen MR) is 85.9 cm³/mol. The van der Waals surface area contributed by atoms with E-state index < -0.39 is 0 Å². The molecule has 0 aromatic heterocycles. The van der Waals surface area contributed by atoms with Gasteiger partial charge in [-0.05, 0) is 44.8 Å². The van der Waals surface area contributed by atoms with E-state index in [0.717, 1.165) is 25.2 Å². The maximum atomic E-state index is 11.9. The van der Waals surface area contributed by atoms with Crippen LogP contribution in [-0.4, -0.2) is 36.5 Å². The van der Waals surface area contributed by atoms with E-state index in [1.807, 2.05) is 30.3 Å². The van der Waals surface area contributed by atoms with Gasteiger partial charge in [-0.1, -0.05) is 30.3 Å². The number of benzene rings is 1. The minimum Gasteiger partial charge on any atom is -0.355 e. The van der Waals surface area contributed by atoms with Crippen LogP contribution in [-0.2, 0) is 4.79 Å². The molecule has 21 heavy (non-hydrogen) atoms. The first kappa shape index (κ1) is 16.0. The molecule has 1 aliphatic heterocycles. The van der Waals surface area contributed by atoms with E-state index >= 15 is 0 Å². The van der Waals surface area contributed by atoms with E-state index in [-0.39, 0.29) is 11.9 Å². The van der Waals surface area contributed by atoms with Gasteiger partial charge in [0.15, 0.2) is 0 Å². The highest BCUT2D eigenvalue weighted by Crippen LogP contribution is 2.15. The Morgan fingerprint density at radius 3 is 2.62 bits per heavy atom. The highest BCUT2D eigenvalue weighted by molar-refractivity contribution is 5.75. The summed E-state index contributed by atoms with van der Waals surface area (Å²) in [7, 11) is 0. The second-order valence-electron chi connectivity index (χ2n) is 5.95. The van der Waals surface area contributed by atoms with Crippen LogP contribution < -0.4 is 11.1 Å². The zero-order valence-corrected chi connectivity index (χ0v) is 12.9. The molecule has 1 aromatic carbocycles. The highest BCUT2D eigenvalue weighted by atomic mass is 16.1. The molecule has 2 unspecified atom stereocenters. The predicted octanol–water partition coefficient (Wildman–Crippen LogP) is 2.07. The lowest BCUT2D eigenvalue weighted by Gasteiger charge is -2.24. The van der Waals surface area contributed by atoms with Gasteiger partial charge in [0.05, 0.1) is 0 Å². The van der Waals surface area contributed by atoms with Crippen molar-refractivity contribution >= 4 is 5.91 Å². The molecular formula is C17H27N3O. The van der Waals surface area contributed by atoms with Crippen LogP contribution in [0.25, 0.3) is 0 Å². The van der Waals surface area contributed by atoms with Gasteiger partial charge in [0, 0.05) is 25.0 Å². The molecule has 116 valence electrons. The van der Waals surface area contributed by atoms with Crippen molar-refractivity contribution in [1.82, 2.24) is 10.2 Å². The van der Waals surface area contributed by atoms with Crippen LogP contribution in [0.3, 0.4) is 0 Å². The highest BCUT2D eigenvalue weighted by Gasteiger charge is 2.18. The van der Waals surface area contributed by atoms with Crippen molar-refractivity contribution in [3.8, 4) is 0 Å². The second kappa shape index (κ2) is 8.15. The first-order valence-electron chi connectivity index (χ1n) is 7.98. The van der Waals surface area contributed by atoms with Crippen LogP contribution in [0.4, 0.5) is 0 Å². The number of nitrogens with zero attached hydrogens (tertiary/aromatic N) is 1. The number of hydrogen-bond acceptors (Lipinski definition) is 3. The normalized spacial score (nSPS) is 18.4. The number of nitrogens with two attached hydrogens (primary N) is 1. The SMILES string of the molecule is CC(CNC(=O)CCC(N)c1ccccc1)N1CCCC1. The Labute approximate surface area is 127 Å². The van der Waals surface area contributed by atoms with Crippen molar-refractivity contribution in [3.05, 3.63) is 35.9 Å². The summed E-state index contributed by atoms with van der Waals surface area (Å²) >= 11 is 0. The average Bonchev–Trinajstić information content (AvgIpc) is 3.05. The molecule has 0 bridgehead atoms. The third-order valence-electron chi connectivity index (χ3n) is 4.27. The molecule has 1 saturated heterocycles.